The molecule has 0 radical (unpaired) electrons. The summed E-state index contributed by atoms with van der Waals surface area (Å²) >= 11 is 5.85. The maximum absolute atomic E-state index is 14.0. The van der Waals surface area contributed by atoms with Crippen LogP contribution in [-0.4, -0.2) is 29.9 Å². The van der Waals surface area contributed by atoms with Crippen molar-refractivity contribution in [3.05, 3.63) is 94.5 Å². The Morgan fingerprint density at radius 2 is 1.69 bits per heavy atom. The van der Waals surface area contributed by atoms with Crippen molar-refractivity contribution in [1.82, 2.24) is 4.90 Å². The van der Waals surface area contributed by atoms with Gasteiger partial charge in [-0.3, -0.25) is 9.69 Å². The summed E-state index contributed by atoms with van der Waals surface area (Å²) in [5.41, 5.74) is 1.85. The van der Waals surface area contributed by atoms with Crippen LogP contribution < -0.4 is 10.2 Å². The molecule has 3 aromatic carbocycles. The van der Waals surface area contributed by atoms with Crippen LogP contribution in [0.15, 0.2) is 66.7 Å². The number of urea groups is 1. The summed E-state index contributed by atoms with van der Waals surface area (Å²) < 4.78 is 27.5. The molecule has 1 heterocycles. The van der Waals surface area contributed by atoms with Gasteiger partial charge in [-0.2, -0.15) is 0 Å². The molecule has 5 nitrogen and oxygen atoms in total. The van der Waals surface area contributed by atoms with Gasteiger partial charge in [-0.1, -0.05) is 11.6 Å². The molecular weight excluding hydrogens is 436 g/mol. The molecule has 1 aliphatic heterocycles. The number of hydrogen-bond donors (Lipinski definition) is 1. The van der Waals surface area contributed by atoms with E-state index in [-0.39, 0.29) is 24.0 Å². The number of rotatable bonds is 5. The zero-order chi connectivity index (χ0) is 22.7. The summed E-state index contributed by atoms with van der Waals surface area (Å²) in [5, 5.41) is 3.35. The van der Waals surface area contributed by atoms with Crippen molar-refractivity contribution < 1.29 is 18.4 Å². The van der Waals surface area contributed by atoms with Crippen LogP contribution in [0.25, 0.3) is 0 Å². The van der Waals surface area contributed by atoms with Crippen LogP contribution in [0.5, 0.6) is 0 Å². The Morgan fingerprint density at radius 3 is 2.41 bits per heavy atom. The number of benzene rings is 3. The monoisotopic (exact) mass is 455 g/mol. The molecule has 0 aromatic heterocycles. The van der Waals surface area contributed by atoms with Crippen LogP contribution in [0, 0.1) is 11.6 Å². The van der Waals surface area contributed by atoms with Gasteiger partial charge in [-0.15, -0.1) is 0 Å². The SMILES string of the molecule is O=C(Nc1ccc(N2CCCN(Cc3cc(F)ccc3F)C2=O)cc1)c1ccc(Cl)cc1. The zero-order valence-electron chi connectivity index (χ0n) is 17.0. The van der Waals surface area contributed by atoms with Gasteiger partial charge >= 0.3 is 6.03 Å². The third-order valence-corrected chi connectivity index (χ3v) is 5.48. The highest BCUT2D eigenvalue weighted by Crippen LogP contribution is 2.24. The molecule has 0 unspecified atom stereocenters. The second kappa shape index (κ2) is 9.36. The topological polar surface area (TPSA) is 52.7 Å². The number of carbonyl (C=O) groups is 2. The van der Waals surface area contributed by atoms with Crippen molar-refractivity contribution >= 4 is 34.9 Å². The fraction of sp³-hybridized carbons (Fsp3) is 0.167. The predicted octanol–water partition coefficient (Wildman–Crippen LogP) is 5.70. The van der Waals surface area contributed by atoms with Crippen LogP contribution >= 0.6 is 11.6 Å². The van der Waals surface area contributed by atoms with E-state index in [9.17, 15) is 18.4 Å². The Balaban J connectivity index is 1.43. The lowest BCUT2D eigenvalue weighted by Gasteiger charge is -2.35. The van der Waals surface area contributed by atoms with E-state index in [1.54, 1.807) is 53.4 Å². The normalized spacial score (nSPS) is 13.9. The van der Waals surface area contributed by atoms with E-state index in [0.717, 1.165) is 18.2 Å². The average Bonchev–Trinajstić information content (AvgIpc) is 2.79. The summed E-state index contributed by atoms with van der Waals surface area (Å²) in [7, 11) is 0. The van der Waals surface area contributed by atoms with E-state index in [2.05, 4.69) is 5.32 Å². The number of halogens is 3. The number of hydrogen-bond acceptors (Lipinski definition) is 2. The molecule has 1 aliphatic rings. The van der Waals surface area contributed by atoms with Crippen molar-refractivity contribution in [3.63, 3.8) is 0 Å². The van der Waals surface area contributed by atoms with Gasteiger partial charge in [0.05, 0.1) is 6.54 Å². The molecule has 1 fully saturated rings. The molecule has 8 heteroatoms. The van der Waals surface area contributed by atoms with Crippen LogP contribution in [-0.2, 0) is 6.54 Å². The van der Waals surface area contributed by atoms with Gasteiger partial charge in [-0.05, 0) is 73.2 Å². The van der Waals surface area contributed by atoms with Crippen molar-refractivity contribution in [2.24, 2.45) is 0 Å². The first-order chi connectivity index (χ1) is 15.4. The summed E-state index contributed by atoms with van der Waals surface area (Å²) in [6, 6.07) is 16.4. The van der Waals surface area contributed by atoms with E-state index < -0.39 is 11.6 Å². The van der Waals surface area contributed by atoms with Gasteiger partial charge < -0.3 is 10.2 Å². The lowest BCUT2D eigenvalue weighted by Crippen LogP contribution is -2.49. The minimum absolute atomic E-state index is 0.00579. The molecule has 0 aliphatic carbocycles. The molecule has 1 N–H and O–H groups in total. The second-order valence-electron chi connectivity index (χ2n) is 7.45. The molecular formula is C24H20ClF2N3O2. The van der Waals surface area contributed by atoms with Crippen LogP contribution in [0.1, 0.15) is 22.3 Å². The zero-order valence-corrected chi connectivity index (χ0v) is 17.8. The first-order valence-corrected chi connectivity index (χ1v) is 10.5. The first-order valence-electron chi connectivity index (χ1n) is 10.1. The number of carbonyl (C=O) groups excluding carboxylic acids is 2. The first kappa shape index (κ1) is 21.8. The van der Waals surface area contributed by atoms with E-state index in [0.29, 0.717) is 41.5 Å². The molecule has 164 valence electrons. The van der Waals surface area contributed by atoms with Gasteiger partial charge in [-0.25, -0.2) is 13.6 Å². The summed E-state index contributed by atoms with van der Waals surface area (Å²) in [5.74, 6) is -1.36. The third kappa shape index (κ3) is 4.89. The predicted molar refractivity (Wildman–Crippen MR) is 120 cm³/mol. The molecule has 32 heavy (non-hydrogen) atoms. The quantitative estimate of drug-likeness (QED) is 0.536. The van der Waals surface area contributed by atoms with Gasteiger partial charge in [0.2, 0.25) is 0 Å². The van der Waals surface area contributed by atoms with E-state index in [4.69, 9.17) is 11.6 Å². The Labute approximate surface area is 189 Å². The summed E-state index contributed by atoms with van der Waals surface area (Å²) in [6.45, 7) is 0.964. The highest BCUT2D eigenvalue weighted by molar-refractivity contribution is 6.30. The molecule has 1 saturated heterocycles. The fourth-order valence-corrected chi connectivity index (χ4v) is 3.69. The van der Waals surface area contributed by atoms with E-state index in [1.165, 1.54) is 4.90 Å². The van der Waals surface area contributed by atoms with Crippen molar-refractivity contribution in [1.29, 1.82) is 0 Å². The minimum Gasteiger partial charge on any atom is -0.322 e. The van der Waals surface area contributed by atoms with Crippen molar-refractivity contribution in [3.8, 4) is 0 Å². The molecule has 3 aromatic rings. The standard InChI is InChI=1S/C24H20ClF2N3O2/c25-18-4-2-16(3-5-18)23(31)28-20-7-9-21(10-8-20)30-13-1-12-29(24(30)32)15-17-14-19(26)6-11-22(17)27/h2-11,14H,1,12-13,15H2,(H,28,31). The Morgan fingerprint density at radius 1 is 0.969 bits per heavy atom. The van der Waals surface area contributed by atoms with Crippen molar-refractivity contribution in [2.45, 2.75) is 13.0 Å². The summed E-state index contributed by atoms with van der Waals surface area (Å²) in [4.78, 5) is 28.4. The van der Waals surface area contributed by atoms with E-state index >= 15 is 0 Å². The van der Waals surface area contributed by atoms with Gasteiger partial charge in [0, 0.05) is 40.6 Å². The molecule has 0 spiro atoms. The minimum atomic E-state index is -0.544. The number of anilines is 2. The Hall–Kier alpha value is -3.45. The largest absolute Gasteiger partial charge is 0.324 e. The lowest BCUT2D eigenvalue weighted by atomic mass is 10.1. The molecule has 4 rings (SSSR count). The maximum atomic E-state index is 14.0. The van der Waals surface area contributed by atoms with Crippen LogP contribution in [0.3, 0.4) is 0 Å². The average molecular weight is 456 g/mol. The van der Waals surface area contributed by atoms with Gasteiger partial charge in [0.25, 0.3) is 5.91 Å². The van der Waals surface area contributed by atoms with E-state index in [1.807, 2.05) is 0 Å². The maximum Gasteiger partial charge on any atom is 0.324 e. The molecule has 3 amide bonds. The summed E-state index contributed by atoms with van der Waals surface area (Å²) in [6.07, 6.45) is 0.692. The Bertz CT molecular complexity index is 1140. The Kier molecular flexibility index (Phi) is 6.37. The second-order valence-corrected chi connectivity index (χ2v) is 7.89. The molecule has 0 atom stereocenters. The fourth-order valence-electron chi connectivity index (χ4n) is 3.57. The van der Waals surface area contributed by atoms with Gasteiger partial charge in [0.15, 0.2) is 0 Å². The smallest absolute Gasteiger partial charge is 0.322 e. The highest BCUT2D eigenvalue weighted by atomic mass is 35.5. The number of nitrogens with one attached hydrogen (secondary N) is 1. The van der Waals surface area contributed by atoms with Crippen LogP contribution in [0.4, 0.5) is 25.0 Å². The highest BCUT2D eigenvalue weighted by Gasteiger charge is 2.27. The third-order valence-electron chi connectivity index (χ3n) is 5.22. The van der Waals surface area contributed by atoms with Crippen LogP contribution in [0.2, 0.25) is 5.02 Å². The molecule has 0 saturated carbocycles. The lowest BCUT2D eigenvalue weighted by molar-refractivity contribution is 0.102. The van der Waals surface area contributed by atoms with Gasteiger partial charge in [0.1, 0.15) is 11.6 Å². The number of nitrogens with zero attached hydrogens (tertiary/aromatic N) is 2. The molecule has 0 bridgehead atoms. The van der Waals surface area contributed by atoms with Crippen molar-refractivity contribution in [2.75, 3.05) is 23.3 Å². The number of amides is 3.